The van der Waals surface area contributed by atoms with Gasteiger partial charge in [0.15, 0.2) is 0 Å². The molecule has 25 heavy (non-hydrogen) atoms. The summed E-state index contributed by atoms with van der Waals surface area (Å²) in [6.07, 6.45) is 5.52. The lowest BCUT2D eigenvalue weighted by Crippen LogP contribution is -2.61. The molecule has 136 valence electrons. The van der Waals surface area contributed by atoms with E-state index in [0.717, 1.165) is 19.0 Å². The van der Waals surface area contributed by atoms with E-state index < -0.39 is 0 Å². The van der Waals surface area contributed by atoms with Crippen LogP contribution in [0.3, 0.4) is 0 Å². The highest BCUT2D eigenvalue weighted by Crippen LogP contribution is 2.47. The summed E-state index contributed by atoms with van der Waals surface area (Å²) >= 11 is 2.09. The molecule has 6 heteroatoms. The Kier molecular flexibility index (Phi) is 4.67. The van der Waals surface area contributed by atoms with Crippen molar-refractivity contribution < 1.29 is 9.53 Å². The van der Waals surface area contributed by atoms with Crippen molar-refractivity contribution in [2.24, 2.45) is 5.92 Å². The van der Waals surface area contributed by atoms with Gasteiger partial charge >= 0.3 is 0 Å². The van der Waals surface area contributed by atoms with Crippen LogP contribution in [-0.2, 0) is 0 Å². The first kappa shape index (κ1) is 17.2. The van der Waals surface area contributed by atoms with E-state index in [1.54, 1.807) is 25.4 Å². The number of likely N-dealkylation sites (tertiary alicyclic amines) is 2. The van der Waals surface area contributed by atoms with Gasteiger partial charge in [0.1, 0.15) is 0 Å². The lowest BCUT2D eigenvalue weighted by atomic mass is 9.89. The number of rotatable bonds is 3. The maximum Gasteiger partial charge on any atom is 0.255 e. The minimum atomic E-state index is 0.0941. The van der Waals surface area contributed by atoms with E-state index in [0.29, 0.717) is 22.2 Å². The maximum absolute atomic E-state index is 12.6. The van der Waals surface area contributed by atoms with Gasteiger partial charge in [-0.15, -0.1) is 11.8 Å². The third-order valence-electron chi connectivity index (χ3n) is 5.96. The van der Waals surface area contributed by atoms with Gasteiger partial charge in [-0.05, 0) is 44.3 Å². The van der Waals surface area contributed by atoms with Crippen molar-refractivity contribution in [3.05, 3.63) is 23.9 Å². The summed E-state index contributed by atoms with van der Waals surface area (Å²) in [6.45, 7) is 6.63. The molecule has 3 aliphatic rings. The Morgan fingerprint density at radius 3 is 2.72 bits per heavy atom. The summed E-state index contributed by atoms with van der Waals surface area (Å²) in [5, 5.41) is 0. The molecule has 0 aliphatic carbocycles. The van der Waals surface area contributed by atoms with Crippen LogP contribution in [0.4, 0.5) is 0 Å². The fourth-order valence-corrected chi connectivity index (χ4v) is 5.95. The van der Waals surface area contributed by atoms with E-state index in [1.165, 1.54) is 38.1 Å². The van der Waals surface area contributed by atoms with Crippen LogP contribution >= 0.6 is 11.8 Å². The molecule has 0 N–H and O–H groups in total. The Bertz CT molecular complexity index is 622. The Balaban J connectivity index is 1.31. The first-order valence-electron chi connectivity index (χ1n) is 9.26. The van der Waals surface area contributed by atoms with Gasteiger partial charge in [0.2, 0.25) is 5.88 Å². The number of carbonyl (C=O) groups excluding carboxylic acids is 1. The maximum atomic E-state index is 12.6. The Morgan fingerprint density at radius 2 is 2.08 bits per heavy atom. The fourth-order valence-electron chi connectivity index (χ4n) is 4.27. The average Bonchev–Trinajstić information content (AvgIpc) is 3.06. The molecule has 1 spiro atoms. The summed E-state index contributed by atoms with van der Waals surface area (Å²) in [5.41, 5.74) is 0.653. The Hall–Kier alpha value is -1.27. The van der Waals surface area contributed by atoms with E-state index in [2.05, 4.69) is 28.6 Å². The smallest absolute Gasteiger partial charge is 0.255 e. The molecule has 0 radical (unpaired) electrons. The summed E-state index contributed by atoms with van der Waals surface area (Å²) < 4.78 is 5.35. The number of methoxy groups -OCH3 is 1. The van der Waals surface area contributed by atoms with E-state index in [9.17, 15) is 4.79 Å². The van der Waals surface area contributed by atoms with Gasteiger partial charge in [0, 0.05) is 37.1 Å². The van der Waals surface area contributed by atoms with Crippen LogP contribution in [0.2, 0.25) is 0 Å². The molecule has 1 unspecified atom stereocenters. The number of hydrogen-bond donors (Lipinski definition) is 0. The van der Waals surface area contributed by atoms with Crippen molar-refractivity contribution >= 4 is 17.7 Å². The highest BCUT2D eigenvalue weighted by molar-refractivity contribution is 8.01. The highest BCUT2D eigenvalue weighted by Gasteiger charge is 2.51. The third kappa shape index (κ3) is 3.38. The average molecular weight is 362 g/mol. The zero-order valence-electron chi connectivity index (χ0n) is 15.1. The quantitative estimate of drug-likeness (QED) is 0.828. The van der Waals surface area contributed by atoms with Gasteiger partial charge in [0.05, 0.1) is 17.4 Å². The zero-order chi connectivity index (χ0) is 17.4. The van der Waals surface area contributed by atoms with E-state index in [-0.39, 0.29) is 5.91 Å². The van der Waals surface area contributed by atoms with E-state index >= 15 is 0 Å². The zero-order valence-corrected chi connectivity index (χ0v) is 15.9. The summed E-state index contributed by atoms with van der Waals surface area (Å²) in [6, 6.07) is 4.26. The van der Waals surface area contributed by atoms with Crippen LogP contribution in [0.25, 0.3) is 0 Å². The molecular weight excluding hydrogens is 334 g/mol. The van der Waals surface area contributed by atoms with Crippen molar-refractivity contribution in [1.29, 1.82) is 0 Å². The molecule has 1 amide bonds. The molecule has 3 aliphatic heterocycles. The predicted octanol–water partition coefficient (Wildman–Crippen LogP) is 2.52. The molecule has 3 saturated heterocycles. The highest BCUT2D eigenvalue weighted by atomic mass is 32.2. The minimum absolute atomic E-state index is 0.0941. The van der Waals surface area contributed by atoms with E-state index in [1.807, 2.05) is 4.90 Å². The Labute approximate surface area is 154 Å². The fraction of sp³-hybridized carbons (Fsp3) is 0.684. The molecule has 0 bridgehead atoms. The minimum Gasteiger partial charge on any atom is -0.481 e. The Morgan fingerprint density at radius 1 is 1.32 bits per heavy atom. The van der Waals surface area contributed by atoms with Crippen molar-refractivity contribution in [2.75, 3.05) is 39.0 Å². The standard InChI is InChI=1S/C19H27N3O2S/c1-14-5-7-21(8-6-14)16-9-19(25-11-16)12-22(13-19)18(23)15-3-4-17(24-2)20-10-15/h3-4,10,14,16H,5-9,11-13H2,1-2H3. The first-order chi connectivity index (χ1) is 12.1. The van der Waals surface area contributed by atoms with Crippen LogP contribution in [0, 0.1) is 5.92 Å². The molecule has 4 rings (SSSR count). The summed E-state index contributed by atoms with van der Waals surface area (Å²) in [4.78, 5) is 21.4. The topological polar surface area (TPSA) is 45.7 Å². The second kappa shape index (κ2) is 6.80. The van der Waals surface area contributed by atoms with Crippen LogP contribution in [0.1, 0.15) is 36.5 Å². The number of carbonyl (C=O) groups is 1. The van der Waals surface area contributed by atoms with E-state index in [4.69, 9.17) is 4.74 Å². The molecule has 4 heterocycles. The molecule has 1 atom stereocenters. The molecule has 1 aromatic rings. The monoisotopic (exact) mass is 361 g/mol. The molecule has 5 nitrogen and oxygen atoms in total. The second-order valence-electron chi connectivity index (χ2n) is 7.82. The summed E-state index contributed by atoms with van der Waals surface area (Å²) in [7, 11) is 1.58. The third-order valence-corrected chi connectivity index (χ3v) is 7.55. The lowest BCUT2D eigenvalue weighted by Gasteiger charge is -2.48. The number of thioether (sulfide) groups is 1. The van der Waals surface area contributed by atoms with Crippen molar-refractivity contribution in [1.82, 2.24) is 14.8 Å². The van der Waals surface area contributed by atoms with Gasteiger partial charge in [-0.3, -0.25) is 9.69 Å². The predicted molar refractivity (Wildman–Crippen MR) is 100 cm³/mol. The molecule has 0 aromatic carbocycles. The van der Waals surface area contributed by atoms with Crippen molar-refractivity contribution in [3.8, 4) is 5.88 Å². The largest absolute Gasteiger partial charge is 0.481 e. The van der Waals surface area contributed by atoms with Gasteiger partial charge in [-0.1, -0.05) is 6.92 Å². The van der Waals surface area contributed by atoms with Gasteiger partial charge in [0.25, 0.3) is 5.91 Å². The number of hydrogen-bond acceptors (Lipinski definition) is 5. The van der Waals surface area contributed by atoms with Crippen LogP contribution in [0.15, 0.2) is 18.3 Å². The lowest BCUT2D eigenvalue weighted by molar-refractivity contribution is 0.0510. The SMILES string of the molecule is COc1ccc(C(=O)N2CC3(CC(N4CCC(C)CC4)CS3)C2)cn1. The molecule has 0 saturated carbocycles. The van der Waals surface area contributed by atoms with Crippen LogP contribution in [0.5, 0.6) is 5.88 Å². The van der Waals surface area contributed by atoms with Crippen molar-refractivity contribution in [3.63, 3.8) is 0 Å². The molecule has 3 fully saturated rings. The number of nitrogens with zero attached hydrogens (tertiary/aromatic N) is 3. The van der Waals surface area contributed by atoms with Gasteiger partial charge < -0.3 is 9.64 Å². The first-order valence-corrected chi connectivity index (χ1v) is 10.2. The molecular formula is C19H27N3O2S. The van der Waals surface area contributed by atoms with Gasteiger partial charge in [-0.2, -0.15) is 0 Å². The van der Waals surface area contributed by atoms with Gasteiger partial charge in [-0.25, -0.2) is 4.98 Å². The number of pyridine rings is 1. The van der Waals surface area contributed by atoms with Crippen molar-refractivity contribution in [2.45, 2.75) is 37.0 Å². The molecule has 1 aromatic heterocycles. The number of amides is 1. The normalized spacial score (nSPS) is 26.6. The number of ether oxygens (including phenoxy) is 1. The second-order valence-corrected chi connectivity index (χ2v) is 9.31. The number of aromatic nitrogens is 1. The summed E-state index contributed by atoms with van der Waals surface area (Å²) in [5.74, 6) is 2.74. The van der Waals surface area contributed by atoms with Crippen LogP contribution in [-0.4, -0.2) is 70.5 Å². The van der Waals surface area contributed by atoms with Crippen LogP contribution < -0.4 is 4.74 Å². The number of piperidine rings is 1.